The maximum Gasteiger partial charge on any atom is 0.0766 e. The molecule has 2 rings (SSSR count). The lowest BCUT2D eigenvalue weighted by atomic mass is 9.97. The predicted molar refractivity (Wildman–Crippen MR) is 89.7 cm³/mol. The Morgan fingerprint density at radius 1 is 1.05 bits per heavy atom. The van der Waals surface area contributed by atoms with Crippen molar-refractivity contribution in [3.8, 4) is 0 Å². The maximum absolute atomic E-state index is 10.3. The second kappa shape index (κ2) is 7.81. The van der Waals surface area contributed by atoms with Crippen molar-refractivity contribution in [2.75, 3.05) is 24.5 Å². The molecule has 0 unspecified atom stereocenters. The van der Waals surface area contributed by atoms with Crippen LogP contribution in [0.1, 0.15) is 51.5 Å². The van der Waals surface area contributed by atoms with Crippen LogP contribution in [0.5, 0.6) is 0 Å². The molecule has 0 atom stereocenters. The topological polar surface area (TPSA) is 35.5 Å². The zero-order valence-corrected chi connectivity index (χ0v) is 13.6. The predicted octanol–water partition coefficient (Wildman–Crippen LogP) is 3.32. The lowest BCUT2D eigenvalue weighted by molar-refractivity contribution is 0.0323. The molecule has 1 saturated heterocycles. The summed E-state index contributed by atoms with van der Waals surface area (Å²) in [5.41, 5.74) is 2.07. The van der Waals surface area contributed by atoms with Gasteiger partial charge in [0.05, 0.1) is 5.60 Å². The first kappa shape index (κ1) is 16.3. The number of benzene rings is 1. The van der Waals surface area contributed by atoms with Crippen LogP contribution in [0.3, 0.4) is 0 Å². The Balaban J connectivity index is 1.82. The van der Waals surface area contributed by atoms with E-state index in [-0.39, 0.29) is 0 Å². The third-order valence-corrected chi connectivity index (χ3v) is 4.76. The van der Waals surface area contributed by atoms with E-state index < -0.39 is 5.60 Å². The fourth-order valence-electron chi connectivity index (χ4n) is 2.92. The van der Waals surface area contributed by atoms with Crippen molar-refractivity contribution < 1.29 is 5.11 Å². The molecule has 118 valence electrons. The smallest absolute Gasteiger partial charge is 0.0766 e. The van der Waals surface area contributed by atoms with Crippen molar-refractivity contribution in [1.82, 2.24) is 5.32 Å². The van der Waals surface area contributed by atoms with Gasteiger partial charge in [-0.25, -0.2) is 0 Å². The minimum Gasteiger partial charge on any atom is -0.389 e. The maximum atomic E-state index is 10.3. The highest BCUT2D eigenvalue weighted by Crippen LogP contribution is 2.20. The van der Waals surface area contributed by atoms with Gasteiger partial charge in [-0.2, -0.15) is 0 Å². The first-order valence-electron chi connectivity index (χ1n) is 8.44. The first-order chi connectivity index (χ1) is 10.2. The number of rotatable bonds is 7. The SMILES string of the molecule is CCC(O)(CC)CNCc1ccc(N2CCCCC2)cc1. The van der Waals surface area contributed by atoms with Gasteiger partial charge in [0.2, 0.25) is 0 Å². The van der Waals surface area contributed by atoms with Crippen molar-refractivity contribution >= 4 is 5.69 Å². The van der Waals surface area contributed by atoms with Gasteiger partial charge in [-0.05, 0) is 49.8 Å². The number of hydrogen-bond donors (Lipinski definition) is 2. The molecule has 0 spiro atoms. The van der Waals surface area contributed by atoms with Gasteiger partial charge < -0.3 is 15.3 Å². The molecule has 0 aliphatic carbocycles. The molecule has 1 aliphatic heterocycles. The second-order valence-electron chi connectivity index (χ2n) is 6.25. The molecule has 1 aromatic rings. The van der Waals surface area contributed by atoms with E-state index in [2.05, 4.69) is 34.5 Å². The average Bonchev–Trinajstić information content (AvgIpc) is 2.56. The van der Waals surface area contributed by atoms with E-state index in [0.717, 1.165) is 19.4 Å². The Bertz CT molecular complexity index is 406. The normalized spacial score (nSPS) is 16.2. The van der Waals surface area contributed by atoms with Gasteiger partial charge in [0.1, 0.15) is 0 Å². The summed E-state index contributed by atoms with van der Waals surface area (Å²) in [5.74, 6) is 0. The van der Waals surface area contributed by atoms with Crippen molar-refractivity contribution in [3.05, 3.63) is 29.8 Å². The van der Waals surface area contributed by atoms with E-state index >= 15 is 0 Å². The standard InChI is InChI=1S/C18H30N2O/c1-3-18(21,4-2)15-19-14-16-8-10-17(11-9-16)20-12-6-5-7-13-20/h8-11,19,21H,3-7,12-15H2,1-2H3. The van der Waals surface area contributed by atoms with Crippen molar-refractivity contribution in [2.24, 2.45) is 0 Å². The zero-order chi connectivity index (χ0) is 15.1. The van der Waals surface area contributed by atoms with Crippen LogP contribution in [0, 0.1) is 0 Å². The number of anilines is 1. The van der Waals surface area contributed by atoms with Gasteiger partial charge in [0.15, 0.2) is 0 Å². The Kier molecular flexibility index (Phi) is 6.07. The van der Waals surface area contributed by atoms with Crippen LogP contribution in [0.4, 0.5) is 5.69 Å². The highest BCUT2D eigenvalue weighted by atomic mass is 16.3. The Morgan fingerprint density at radius 2 is 1.67 bits per heavy atom. The largest absolute Gasteiger partial charge is 0.389 e. The minimum absolute atomic E-state index is 0.562. The Hall–Kier alpha value is -1.06. The van der Waals surface area contributed by atoms with Crippen LogP contribution < -0.4 is 10.2 Å². The van der Waals surface area contributed by atoms with Crippen LogP contribution in [0.15, 0.2) is 24.3 Å². The van der Waals surface area contributed by atoms with Gasteiger partial charge in [-0.1, -0.05) is 26.0 Å². The molecular formula is C18H30N2O. The highest BCUT2D eigenvalue weighted by Gasteiger charge is 2.21. The van der Waals surface area contributed by atoms with E-state index in [1.807, 2.05) is 13.8 Å². The molecule has 1 fully saturated rings. The van der Waals surface area contributed by atoms with Crippen molar-refractivity contribution in [1.29, 1.82) is 0 Å². The molecule has 1 aliphatic rings. The molecule has 0 amide bonds. The van der Waals surface area contributed by atoms with Gasteiger partial charge >= 0.3 is 0 Å². The molecule has 0 radical (unpaired) electrons. The zero-order valence-electron chi connectivity index (χ0n) is 13.6. The van der Waals surface area contributed by atoms with E-state index in [1.54, 1.807) is 0 Å². The van der Waals surface area contributed by atoms with Gasteiger partial charge in [-0.3, -0.25) is 0 Å². The van der Waals surface area contributed by atoms with Crippen molar-refractivity contribution in [2.45, 2.75) is 58.1 Å². The van der Waals surface area contributed by atoms with Crippen LogP contribution in [0.25, 0.3) is 0 Å². The summed E-state index contributed by atoms with van der Waals surface area (Å²) >= 11 is 0. The van der Waals surface area contributed by atoms with Crippen LogP contribution in [0.2, 0.25) is 0 Å². The summed E-state index contributed by atoms with van der Waals surface area (Å²) in [6, 6.07) is 8.87. The molecule has 1 heterocycles. The summed E-state index contributed by atoms with van der Waals surface area (Å²) in [6.07, 6.45) is 5.59. The second-order valence-corrected chi connectivity index (χ2v) is 6.25. The molecule has 1 aromatic carbocycles. The molecule has 21 heavy (non-hydrogen) atoms. The summed E-state index contributed by atoms with van der Waals surface area (Å²) in [6.45, 7) is 7.95. The van der Waals surface area contributed by atoms with Crippen LogP contribution >= 0.6 is 0 Å². The summed E-state index contributed by atoms with van der Waals surface area (Å²) < 4.78 is 0. The fourth-order valence-corrected chi connectivity index (χ4v) is 2.92. The number of aliphatic hydroxyl groups is 1. The molecule has 0 saturated carbocycles. The lowest BCUT2D eigenvalue weighted by Gasteiger charge is -2.29. The van der Waals surface area contributed by atoms with Crippen LogP contribution in [-0.4, -0.2) is 30.3 Å². The van der Waals surface area contributed by atoms with E-state index in [1.165, 1.54) is 43.6 Å². The molecule has 0 bridgehead atoms. The lowest BCUT2D eigenvalue weighted by Crippen LogP contribution is -2.39. The summed E-state index contributed by atoms with van der Waals surface area (Å²) in [4.78, 5) is 2.48. The first-order valence-corrected chi connectivity index (χ1v) is 8.44. The van der Waals surface area contributed by atoms with Gasteiger partial charge in [0.25, 0.3) is 0 Å². The van der Waals surface area contributed by atoms with Crippen molar-refractivity contribution in [3.63, 3.8) is 0 Å². The number of piperidine rings is 1. The average molecular weight is 290 g/mol. The Morgan fingerprint density at radius 3 is 2.24 bits per heavy atom. The molecule has 3 nitrogen and oxygen atoms in total. The molecule has 2 N–H and O–H groups in total. The minimum atomic E-state index is -0.562. The molecule has 3 heteroatoms. The Labute approximate surface area is 129 Å². The number of nitrogens with zero attached hydrogens (tertiary/aromatic N) is 1. The van der Waals surface area contributed by atoms with E-state index in [4.69, 9.17) is 0 Å². The number of hydrogen-bond acceptors (Lipinski definition) is 3. The fraction of sp³-hybridized carbons (Fsp3) is 0.667. The molecule has 0 aromatic heterocycles. The highest BCUT2D eigenvalue weighted by molar-refractivity contribution is 5.47. The summed E-state index contributed by atoms with van der Waals surface area (Å²) in [7, 11) is 0. The van der Waals surface area contributed by atoms with E-state index in [9.17, 15) is 5.11 Å². The van der Waals surface area contributed by atoms with Crippen LogP contribution in [-0.2, 0) is 6.54 Å². The third-order valence-electron chi connectivity index (χ3n) is 4.76. The summed E-state index contributed by atoms with van der Waals surface area (Å²) in [5, 5.41) is 13.6. The van der Waals surface area contributed by atoms with E-state index in [0.29, 0.717) is 6.54 Å². The molecular weight excluding hydrogens is 260 g/mol. The number of nitrogens with one attached hydrogen (secondary N) is 1. The quantitative estimate of drug-likeness (QED) is 0.808. The van der Waals surface area contributed by atoms with Gasteiger partial charge in [-0.15, -0.1) is 0 Å². The van der Waals surface area contributed by atoms with Gasteiger partial charge in [0, 0.05) is 31.9 Å². The third kappa shape index (κ3) is 4.72. The monoisotopic (exact) mass is 290 g/mol.